The first-order chi connectivity index (χ1) is 10.1. The van der Waals surface area contributed by atoms with Crippen LogP contribution in [0.25, 0.3) is 0 Å². The van der Waals surface area contributed by atoms with Crippen LogP contribution in [0.4, 0.5) is 5.69 Å². The maximum atomic E-state index is 12.2. The zero-order valence-electron chi connectivity index (χ0n) is 12.1. The molecule has 21 heavy (non-hydrogen) atoms. The first-order valence-electron chi connectivity index (χ1n) is 6.85. The van der Waals surface area contributed by atoms with E-state index >= 15 is 0 Å². The average molecular weight is 348 g/mol. The Morgan fingerprint density at radius 1 is 1.24 bits per heavy atom. The number of esters is 1. The normalized spacial score (nSPS) is 11.8. The maximum absolute atomic E-state index is 12.2. The van der Waals surface area contributed by atoms with Crippen molar-refractivity contribution in [2.24, 2.45) is 0 Å². The summed E-state index contributed by atoms with van der Waals surface area (Å²) < 4.78 is 6.15. The third kappa shape index (κ3) is 4.33. The van der Waals surface area contributed by atoms with Crippen LogP contribution in [0.15, 0.2) is 53.0 Å². The number of hydrogen-bond donors (Lipinski definition) is 1. The minimum absolute atomic E-state index is 0.275. The first kappa shape index (κ1) is 15.6. The molecule has 2 aromatic carbocycles. The molecule has 2 aromatic rings. The summed E-state index contributed by atoms with van der Waals surface area (Å²) in [5.74, 6) is -0.275. The van der Waals surface area contributed by atoms with E-state index < -0.39 is 6.04 Å². The molecule has 4 heteroatoms. The number of carbonyl (C=O) groups is 1. The fourth-order valence-electron chi connectivity index (χ4n) is 2.10. The van der Waals surface area contributed by atoms with Crippen LogP contribution in [0.3, 0.4) is 0 Å². The van der Waals surface area contributed by atoms with Crippen molar-refractivity contribution in [2.45, 2.75) is 19.9 Å². The summed E-state index contributed by atoms with van der Waals surface area (Å²) in [4.78, 5) is 12.2. The number of aryl methyl sites for hydroxylation is 1. The van der Waals surface area contributed by atoms with Crippen molar-refractivity contribution in [3.05, 3.63) is 64.1 Å². The Hall–Kier alpha value is -1.81. The van der Waals surface area contributed by atoms with Crippen LogP contribution in [0.2, 0.25) is 0 Å². The largest absolute Gasteiger partial charge is 0.464 e. The number of benzene rings is 2. The SMILES string of the molecule is CCOC(=O)C(Nc1cccc(Br)c1)c1cccc(C)c1. The van der Waals surface area contributed by atoms with E-state index in [1.807, 2.05) is 62.4 Å². The Morgan fingerprint density at radius 2 is 2.00 bits per heavy atom. The predicted molar refractivity (Wildman–Crippen MR) is 88.3 cm³/mol. The van der Waals surface area contributed by atoms with E-state index in [0.717, 1.165) is 21.3 Å². The van der Waals surface area contributed by atoms with Crippen LogP contribution in [-0.4, -0.2) is 12.6 Å². The van der Waals surface area contributed by atoms with E-state index in [4.69, 9.17) is 4.74 Å². The van der Waals surface area contributed by atoms with E-state index in [1.54, 1.807) is 0 Å². The van der Waals surface area contributed by atoms with Crippen molar-refractivity contribution in [3.63, 3.8) is 0 Å². The van der Waals surface area contributed by atoms with Gasteiger partial charge in [0.25, 0.3) is 0 Å². The van der Waals surface area contributed by atoms with Gasteiger partial charge in [-0.05, 0) is 37.6 Å². The maximum Gasteiger partial charge on any atom is 0.333 e. The second kappa shape index (κ2) is 7.27. The van der Waals surface area contributed by atoms with Crippen molar-refractivity contribution in [2.75, 3.05) is 11.9 Å². The van der Waals surface area contributed by atoms with Gasteiger partial charge in [0.1, 0.15) is 0 Å². The van der Waals surface area contributed by atoms with Crippen LogP contribution in [-0.2, 0) is 9.53 Å². The molecule has 0 aliphatic rings. The van der Waals surface area contributed by atoms with Gasteiger partial charge in [-0.25, -0.2) is 4.79 Å². The molecule has 0 radical (unpaired) electrons. The van der Waals surface area contributed by atoms with Crippen molar-refractivity contribution in [3.8, 4) is 0 Å². The van der Waals surface area contributed by atoms with Gasteiger partial charge >= 0.3 is 5.97 Å². The molecular formula is C17H18BrNO2. The predicted octanol–water partition coefficient (Wildman–Crippen LogP) is 4.47. The Labute approximate surface area is 133 Å². The molecule has 0 heterocycles. The lowest BCUT2D eigenvalue weighted by atomic mass is 10.0. The molecule has 0 spiro atoms. The van der Waals surface area contributed by atoms with E-state index in [1.165, 1.54) is 0 Å². The molecule has 0 aliphatic carbocycles. The molecule has 110 valence electrons. The van der Waals surface area contributed by atoms with Crippen LogP contribution in [0, 0.1) is 6.92 Å². The quantitative estimate of drug-likeness (QED) is 0.810. The molecule has 3 nitrogen and oxygen atoms in total. The highest BCUT2D eigenvalue weighted by Crippen LogP contribution is 2.24. The fourth-order valence-corrected chi connectivity index (χ4v) is 2.50. The lowest BCUT2D eigenvalue weighted by Gasteiger charge is -2.19. The van der Waals surface area contributed by atoms with E-state index in [9.17, 15) is 4.79 Å². The second-order valence-electron chi connectivity index (χ2n) is 4.75. The summed E-state index contributed by atoms with van der Waals surface area (Å²) in [5.41, 5.74) is 2.87. The molecule has 1 unspecified atom stereocenters. The highest BCUT2D eigenvalue weighted by atomic mass is 79.9. The Morgan fingerprint density at radius 3 is 2.67 bits per heavy atom. The first-order valence-corrected chi connectivity index (χ1v) is 7.64. The number of ether oxygens (including phenoxy) is 1. The van der Waals surface area contributed by atoms with Crippen LogP contribution >= 0.6 is 15.9 Å². The van der Waals surface area contributed by atoms with Gasteiger partial charge in [0.05, 0.1) is 6.61 Å². The second-order valence-corrected chi connectivity index (χ2v) is 5.67. The van der Waals surface area contributed by atoms with Crippen molar-refractivity contribution in [1.82, 2.24) is 0 Å². The lowest BCUT2D eigenvalue weighted by Crippen LogP contribution is -2.23. The standard InChI is InChI=1S/C17H18BrNO2/c1-3-21-17(20)16(13-7-4-6-12(2)10-13)19-15-9-5-8-14(18)11-15/h4-11,16,19H,3H2,1-2H3. The molecule has 1 N–H and O–H groups in total. The van der Waals surface area contributed by atoms with Gasteiger partial charge < -0.3 is 10.1 Å². The summed E-state index contributed by atoms with van der Waals surface area (Å²) in [6, 6.07) is 15.1. The summed E-state index contributed by atoms with van der Waals surface area (Å²) in [6.07, 6.45) is 0. The number of rotatable bonds is 5. The third-order valence-corrected chi connectivity index (χ3v) is 3.53. The summed E-state index contributed by atoms with van der Waals surface area (Å²) in [6.45, 7) is 4.18. The lowest BCUT2D eigenvalue weighted by molar-refractivity contribution is -0.144. The zero-order valence-corrected chi connectivity index (χ0v) is 13.7. The Balaban J connectivity index is 2.30. The van der Waals surface area contributed by atoms with Crippen molar-refractivity contribution < 1.29 is 9.53 Å². The topological polar surface area (TPSA) is 38.3 Å². The highest BCUT2D eigenvalue weighted by Gasteiger charge is 2.22. The van der Waals surface area contributed by atoms with E-state index in [2.05, 4.69) is 21.2 Å². The molecule has 0 aromatic heterocycles. The van der Waals surface area contributed by atoms with Gasteiger partial charge in [-0.3, -0.25) is 0 Å². The van der Waals surface area contributed by atoms with Crippen molar-refractivity contribution >= 4 is 27.6 Å². The molecule has 0 aliphatic heterocycles. The molecule has 0 bridgehead atoms. The fraction of sp³-hybridized carbons (Fsp3) is 0.235. The van der Waals surface area contributed by atoms with E-state index in [0.29, 0.717) is 6.61 Å². The van der Waals surface area contributed by atoms with Crippen LogP contribution in [0.5, 0.6) is 0 Å². The highest BCUT2D eigenvalue weighted by molar-refractivity contribution is 9.10. The molecule has 0 saturated carbocycles. The molecule has 2 rings (SSSR count). The average Bonchev–Trinajstić information content (AvgIpc) is 2.45. The zero-order chi connectivity index (χ0) is 15.2. The smallest absolute Gasteiger partial charge is 0.333 e. The summed E-state index contributed by atoms with van der Waals surface area (Å²) >= 11 is 3.43. The Bertz CT molecular complexity index is 628. The van der Waals surface area contributed by atoms with Gasteiger partial charge in [-0.15, -0.1) is 0 Å². The minimum Gasteiger partial charge on any atom is -0.464 e. The number of halogens is 1. The molecule has 0 fully saturated rings. The third-order valence-electron chi connectivity index (χ3n) is 3.03. The van der Waals surface area contributed by atoms with Gasteiger partial charge in [0.2, 0.25) is 0 Å². The van der Waals surface area contributed by atoms with Gasteiger partial charge in [-0.2, -0.15) is 0 Å². The molecular weight excluding hydrogens is 330 g/mol. The van der Waals surface area contributed by atoms with Crippen LogP contribution in [0.1, 0.15) is 24.1 Å². The number of nitrogens with one attached hydrogen (secondary N) is 1. The van der Waals surface area contributed by atoms with E-state index in [-0.39, 0.29) is 5.97 Å². The number of carbonyl (C=O) groups excluding carboxylic acids is 1. The van der Waals surface area contributed by atoms with Gasteiger partial charge in [-0.1, -0.05) is 51.8 Å². The van der Waals surface area contributed by atoms with Crippen LogP contribution < -0.4 is 5.32 Å². The molecule has 0 amide bonds. The summed E-state index contributed by atoms with van der Waals surface area (Å²) in [7, 11) is 0. The molecule has 1 atom stereocenters. The molecule has 0 saturated heterocycles. The Kier molecular flexibility index (Phi) is 5.39. The minimum atomic E-state index is -0.515. The summed E-state index contributed by atoms with van der Waals surface area (Å²) in [5, 5.41) is 3.24. The number of anilines is 1. The van der Waals surface area contributed by atoms with Crippen molar-refractivity contribution in [1.29, 1.82) is 0 Å². The number of hydrogen-bond acceptors (Lipinski definition) is 3. The van der Waals surface area contributed by atoms with Gasteiger partial charge in [0.15, 0.2) is 6.04 Å². The monoisotopic (exact) mass is 347 g/mol. The van der Waals surface area contributed by atoms with Gasteiger partial charge in [0, 0.05) is 10.2 Å².